The number of nitrogens with one attached hydrogen (secondary N) is 1. The fraction of sp³-hybridized carbons (Fsp3) is 0.263. The number of carbonyl (C=O) groups excluding carboxylic acids is 3. The van der Waals surface area contributed by atoms with Gasteiger partial charge in [-0.15, -0.1) is 10.2 Å². The van der Waals surface area contributed by atoms with E-state index in [-0.39, 0.29) is 30.7 Å². The Labute approximate surface area is 179 Å². The van der Waals surface area contributed by atoms with Gasteiger partial charge < -0.3 is 10.2 Å². The number of amidine groups is 1. The number of aromatic nitrogens is 2. The van der Waals surface area contributed by atoms with Crippen LogP contribution in [-0.4, -0.2) is 62.5 Å². The standard InChI is InChI=1S/C19H16N6O3S2/c26-14(9-11-10-29-19-20-6-8-24(11)19)21-18-23-22-15(30-18)5-7-25-16(27)12-3-1-2-4-13(12)17(25)28/h1-4,10H,5-9H2,(H,21,23,26). The van der Waals surface area contributed by atoms with E-state index in [1.54, 1.807) is 24.3 Å². The number of amides is 3. The Balaban J connectivity index is 1.16. The zero-order valence-electron chi connectivity index (χ0n) is 15.7. The molecule has 0 spiro atoms. The van der Waals surface area contributed by atoms with Crippen LogP contribution in [0, 0.1) is 0 Å². The molecule has 0 fully saturated rings. The number of thioether (sulfide) groups is 1. The smallest absolute Gasteiger partial charge is 0.261 e. The van der Waals surface area contributed by atoms with E-state index in [1.807, 2.05) is 5.41 Å². The van der Waals surface area contributed by atoms with Crippen molar-refractivity contribution in [2.24, 2.45) is 4.99 Å². The summed E-state index contributed by atoms with van der Waals surface area (Å²) in [4.78, 5) is 44.8. The topological polar surface area (TPSA) is 108 Å². The molecule has 3 aliphatic rings. The fourth-order valence-corrected chi connectivity index (χ4v) is 5.20. The number of aliphatic imine (C=N–C) groups is 1. The molecule has 5 rings (SSSR count). The Morgan fingerprint density at radius 3 is 2.67 bits per heavy atom. The number of anilines is 1. The van der Waals surface area contributed by atoms with Gasteiger partial charge in [-0.25, -0.2) is 0 Å². The fourth-order valence-electron chi connectivity index (χ4n) is 3.50. The van der Waals surface area contributed by atoms with Gasteiger partial charge in [0.2, 0.25) is 11.0 Å². The average molecular weight is 441 g/mol. The molecule has 0 aliphatic carbocycles. The Kier molecular flexibility index (Phi) is 4.83. The summed E-state index contributed by atoms with van der Waals surface area (Å²) >= 11 is 2.78. The minimum atomic E-state index is -0.291. The van der Waals surface area contributed by atoms with Gasteiger partial charge in [-0.3, -0.25) is 24.3 Å². The van der Waals surface area contributed by atoms with Crippen LogP contribution in [0.15, 0.2) is 40.4 Å². The monoisotopic (exact) mass is 440 g/mol. The van der Waals surface area contributed by atoms with Crippen molar-refractivity contribution in [2.75, 3.05) is 25.0 Å². The summed E-state index contributed by atoms with van der Waals surface area (Å²) in [6.45, 7) is 1.78. The van der Waals surface area contributed by atoms with Gasteiger partial charge in [0.05, 0.1) is 24.1 Å². The van der Waals surface area contributed by atoms with Crippen molar-refractivity contribution >= 4 is 51.1 Å². The molecule has 9 nitrogen and oxygen atoms in total. The SMILES string of the molecule is O=C(CC1=CSC2=NCCN12)Nc1nnc(CCN2C(=O)c3ccccc3C2=O)s1. The number of carbonyl (C=O) groups is 3. The molecule has 0 saturated carbocycles. The highest BCUT2D eigenvalue weighted by Crippen LogP contribution is 2.31. The van der Waals surface area contributed by atoms with Gasteiger partial charge in [0.1, 0.15) is 5.01 Å². The van der Waals surface area contributed by atoms with Crippen LogP contribution in [0.1, 0.15) is 32.1 Å². The van der Waals surface area contributed by atoms with E-state index in [0.717, 1.165) is 24.0 Å². The van der Waals surface area contributed by atoms with Crippen LogP contribution in [0.25, 0.3) is 0 Å². The molecule has 1 aromatic carbocycles. The highest BCUT2D eigenvalue weighted by molar-refractivity contribution is 8.16. The lowest BCUT2D eigenvalue weighted by Crippen LogP contribution is -2.31. The first-order chi connectivity index (χ1) is 14.6. The molecule has 0 unspecified atom stereocenters. The van der Waals surface area contributed by atoms with Crippen molar-refractivity contribution in [1.82, 2.24) is 20.0 Å². The average Bonchev–Trinajstić information content (AvgIpc) is 3.50. The Morgan fingerprint density at radius 1 is 1.13 bits per heavy atom. The maximum atomic E-state index is 12.4. The molecule has 0 bridgehead atoms. The summed E-state index contributed by atoms with van der Waals surface area (Å²) in [6, 6.07) is 6.79. The first-order valence-electron chi connectivity index (χ1n) is 9.35. The minimum absolute atomic E-state index is 0.168. The first kappa shape index (κ1) is 18.9. The van der Waals surface area contributed by atoms with Gasteiger partial charge >= 0.3 is 0 Å². The molecule has 1 N–H and O–H groups in total. The third-order valence-electron chi connectivity index (χ3n) is 4.93. The van der Waals surface area contributed by atoms with Gasteiger partial charge in [-0.2, -0.15) is 0 Å². The lowest BCUT2D eigenvalue weighted by atomic mass is 10.1. The molecule has 0 saturated heterocycles. The second-order valence-electron chi connectivity index (χ2n) is 6.83. The maximum absolute atomic E-state index is 12.4. The van der Waals surface area contributed by atoms with Crippen LogP contribution in [0.2, 0.25) is 0 Å². The molecular weight excluding hydrogens is 424 g/mol. The summed E-state index contributed by atoms with van der Waals surface area (Å²) in [5, 5.41) is 14.8. The van der Waals surface area contributed by atoms with E-state index in [1.165, 1.54) is 28.0 Å². The lowest BCUT2D eigenvalue weighted by molar-refractivity contribution is -0.115. The van der Waals surface area contributed by atoms with Crippen molar-refractivity contribution in [3.8, 4) is 0 Å². The van der Waals surface area contributed by atoms with Crippen molar-refractivity contribution in [2.45, 2.75) is 12.8 Å². The van der Waals surface area contributed by atoms with Gasteiger partial charge in [-0.05, 0) is 17.5 Å². The van der Waals surface area contributed by atoms with Gasteiger partial charge in [0.25, 0.3) is 11.8 Å². The molecule has 0 atom stereocenters. The van der Waals surface area contributed by atoms with Crippen LogP contribution in [0.5, 0.6) is 0 Å². The van der Waals surface area contributed by atoms with Gasteiger partial charge in [0, 0.05) is 25.2 Å². The largest absolute Gasteiger partial charge is 0.322 e. The summed E-state index contributed by atoms with van der Waals surface area (Å²) in [5.74, 6) is -0.750. The molecule has 1 aromatic heterocycles. The van der Waals surface area contributed by atoms with Crippen molar-refractivity contribution in [3.05, 3.63) is 51.5 Å². The molecule has 152 valence electrons. The molecule has 30 heavy (non-hydrogen) atoms. The van der Waals surface area contributed by atoms with Gasteiger partial charge in [0.15, 0.2) is 5.17 Å². The van der Waals surface area contributed by atoms with E-state index in [4.69, 9.17) is 0 Å². The first-order valence-corrected chi connectivity index (χ1v) is 11.0. The number of hydrogen-bond acceptors (Lipinski definition) is 9. The predicted octanol–water partition coefficient (Wildman–Crippen LogP) is 1.97. The van der Waals surface area contributed by atoms with Crippen LogP contribution < -0.4 is 5.32 Å². The summed E-state index contributed by atoms with van der Waals surface area (Å²) in [7, 11) is 0. The summed E-state index contributed by atoms with van der Waals surface area (Å²) < 4.78 is 0. The molecule has 0 radical (unpaired) electrons. The zero-order valence-corrected chi connectivity index (χ0v) is 17.3. The lowest BCUT2D eigenvalue weighted by Gasteiger charge is -2.15. The highest BCUT2D eigenvalue weighted by Gasteiger charge is 2.34. The number of nitrogens with zero attached hydrogens (tertiary/aromatic N) is 5. The van der Waals surface area contributed by atoms with Crippen molar-refractivity contribution in [3.63, 3.8) is 0 Å². The van der Waals surface area contributed by atoms with E-state index < -0.39 is 0 Å². The minimum Gasteiger partial charge on any atom is -0.322 e. The Hall–Kier alpha value is -3.05. The van der Waals surface area contributed by atoms with Crippen LogP contribution >= 0.6 is 23.1 Å². The van der Waals surface area contributed by atoms with Crippen LogP contribution in [-0.2, 0) is 11.2 Å². The molecule has 4 heterocycles. The van der Waals surface area contributed by atoms with Crippen LogP contribution in [0.3, 0.4) is 0 Å². The summed E-state index contributed by atoms with van der Waals surface area (Å²) in [5.41, 5.74) is 1.79. The molecule has 3 aliphatic heterocycles. The number of hydrogen-bond donors (Lipinski definition) is 1. The van der Waals surface area contributed by atoms with E-state index in [0.29, 0.717) is 27.7 Å². The highest BCUT2D eigenvalue weighted by atomic mass is 32.2. The third-order valence-corrected chi connectivity index (χ3v) is 6.78. The molecule has 11 heteroatoms. The number of fused-ring (bicyclic) bond motifs is 2. The predicted molar refractivity (Wildman–Crippen MR) is 113 cm³/mol. The van der Waals surface area contributed by atoms with E-state index in [2.05, 4.69) is 25.4 Å². The zero-order chi connectivity index (χ0) is 20.7. The number of benzene rings is 1. The second kappa shape index (κ2) is 7.65. The van der Waals surface area contributed by atoms with E-state index in [9.17, 15) is 14.4 Å². The Morgan fingerprint density at radius 2 is 1.90 bits per heavy atom. The second-order valence-corrected chi connectivity index (χ2v) is 8.73. The summed E-state index contributed by atoms with van der Waals surface area (Å²) in [6.07, 6.45) is 0.629. The molecule has 2 aromatic rings. The number of rotatable bonds is 6. The number of imide groups is 1. The normalized spacial score (nSPS) is 17.2. The Bertz CT molecular complexity index is 1090. The van der Waals surface area contributed by atoms with Crippen LogP contribution in [0.4, 0.5) is 5.13 Å². The molecule has 3 amide bonds. The van der Waals surface area contributed by atoms with Crippen molar-refractivity contribution < 1.29 is 14.4 Å². The van der Waals surface area contributed by atoms with Crippen molar-refractivity contribution in [1.29, 1.82) is 0 Å². The third kappa shape index (κ3) is 3.39. The quantitative estimate of drug-likeness (QED) is 0.684. The molecular formula is C19H16N6O3S2. The maximum Gasteiger partial charge on any atom is 0.261 e. The van der Waals surface area contributed by atoms with E-state index >= 15 is 0 Å². The van der Waals surface area contributed by atoms with Gasteiger partial charge in [-0.1, -0.05) is 35.2 Å².